The SMILES string of the molecule is Nc1nc2c(Cl)cccc2n1CC1CCCCC1. The van der Waals surface area contributed by atoms with Gasteiger partial charge < -0.3 is 10.3 Å². The number of nitrogens with zero attached hydrogens (tertiary/aromatic N) is 2. The molecule has 0 radical (unpaired) electrons. The van der Waals surface area contributed by atoms with Crippen molar-refractivity contribution in [3.63, 3.8) is 0 Å². The van der Waals surface area contributed by atoms with Crippen molar-refractivity contribution in [3.8, 4) is 0 Å². The lowest BCUT2D eigenvalue weighted by molar-refractivity contribution is 0.323. The van der Waals surface area contributed by atoms with Gasteiger partial charge in [-0.25, -0.2) is 4.98 Å². The van der Waals surface area contributed by atoms with Crippen LogP contribution in [0.3, 0.4) is 0 Å². The molecule has 0 amide bonds. The molecule has 0 bridgehead atoms. The summed E-state index contributed by atoms with van der Waals surface area (Å²) in [5.41, 5.74) is 7.92. The van der Waals surface area contributed by atoms with Crippen LogP contribution in [0.25, 0.3) is 11.0 Å². The Morgan fingerprint density at radius 3 is 2.83 bits per heavy atom. The van der Waals surface area contributed by atoms with Crippen LogP contribution in [0.1, 0.15) is 32.1 Å². The van der Waals surface area contributed by atoms with E-state index in [0.29, 0.717) is 11.0 Å². The van der Waals surface area contributed by atoms with E-state index in [1.54, 1.807) is 0 Å². The summed E-state index contributed by atoms with van der Waals surface area (Å²) in [6.07, 6.45) is 6.68. The van der Waals surface area contributed by atoms with Crippen LogP contribution >= 0.6 is 11.6 Å². The van der Waals surface area contributed by atoms with Crippen molar-refractivity contribution >= 4 is 28.6 Å². The third-order valence-electron chi connectivity index (χ3n) is 3.92. The van der Waals surface area contributed by atoms with Crippen molar-refractivity contribution in [1.82, 2.24) is 9.55 Å². The summed E-state index contributed by atoms with van der Waals surface area (Å²) < 4.78 is 2.12. The van der Waals surface area contributed by atoms with Crippen LogP contribution in [0.2, 0.25) is 5.02 Å². The summed E-state index contributed by atoms with van der Waals surface area (Å²) >= 11 is 6.15. The lowest BCUT2D eigenvalue weighted by atomic mass is 9.89. The Morgan fingerprint density at radius 1 is 1.28 bits per heavy atom. The van der Waals surface area contributed by atoms with Gasteiger partial charge >= 0.3 is 0 Å². The van der Waals surface area contributed by atoms with Gasteiger partial charge in [-0.1, -0.05) is 36.9 Å². The molecule has 1 aliphatic carbocycles. The van der Waals surface area contributed by atoms with Gasteiger partial charge in [0.2, 0.25) is 5.95 Å². The highest BCUT2D eigenvalue weighted by Crippen LogP contribution is 2.29. The Morgan fingerprint density at radius 2 is 2.06 bits per heavy atom. The summed E-state index contributed by atoms with van der Waals surface area (Å²) in [7, 11) is 0. The largest absolute Gasteiger partial charge is 0.369 e. The highest BCUT2D eigenvalue weighted by Gasteiger charge is 2.17. The number of nitrogen functional groups attached to an aromatic ring is 1. The molecule has 96 valence electrons. The molecule has 1 saturated carbocycles. The number of aromatic nitrogens is 2. The van der Waals surface area contributed by atoms with Gasteiger partial charge in [0, 0.05) is 6.54 Å². The molecule has 4 heteroatoms. The van der Waals surface area contributed by atoms with Gasteiger partial charge in [-0.15, -0.1) is 0 Å². The third kappa shape index (κ3) is 2.07. The van der Waals surface area contributed by atoms with Gasteiger partial charge in [-0.3, -0.25) is 0 Å². The maximum absolute atomic E-state index is 6.15. The molecule has 18 heavy (non-hydrogen) atoms. The van der Waals surface area contributed by atoms with Crippen molar-refractivity contribution in [2.45, 2.75) is 38.6 Å². The number of anilines is 1. The average Bonchev–Trinajstić information content (AvgIpc) is 2.70. The molecule has 1 fully saturated rings. The number of fused-ring (bicyclic) bond motifs is 1. The van der Waals surface area contributed by atoms with Crippen LogP contribution in [0.4, 0.5) is 5.95 Å². The van der Waals surface area contributed by atoms with E-state index in [0.717, 1.165) is 23.5 Å². The van der Waals surface area contributed by atoms with Crippen LogP contribution in [0.15, 0.2) is 18.2 Å². The van der Waals surface area contributed by atoms with Gasteiger partial charge in [0.05, 0.1) is 10.5 Å². The second kappa shape index (κ2) is 4.81. The summed E-state index contributed by atoms with van der Waals surface area (Å²) in [6, 6.07) is 5.87. The van der Waals surface area contributed by atoms with E-state index in [2.05, 4.69) is 9.55 Å². The van der Waals surface area contributed by atoms with Gasteiger partial charge in [-0.2, -0.15) is 0 Å². The molecule has 0 atom stereocenters. The molecule has 1 aromatic heterocycles. The van der Waals surface area contributed by atoms with Crippen LogP contribution in [0, 0.1) is 5.92 Å². The van der Waals surface area contributed by atoms with Crippen LogP contribution in [-0.2, 0) is 6.54 Å². The highest BCUT2D eigenvalue weighted by atomic mass is 35.5. The molecule has 1 heterocycles. The molecular weight excluding hydrogens is 246 g/mol. The quantitative estimate of drug-likeness (QED) is 0.894. The first-order chi connectivity index (χ1) is 8.75. The summed E-state index contributed by atoms with van der Waals surface area (Å²) in [4.78, 5) is 4.39. The normalized spacial score (nSPS) is 17.4. The van der Waals surface area contributed by atoms with Crippen molar-refractivity contribution in [1.29, 1.82) is 0 Å². The first-order valence-electron chi connectivity index (χ1n) is 6.66. The van der Waals surface area contributed by atoms with E-state index in [4.69, 9.17) is 17.3 Å². The molecule has 0 spiro atoms. The summed E-state index contributed by atoms with van der Waals surface area (Å²) in [5, 5.41) is 0.682. The monoisotopic (exact) mass is 263 g/mol. The molecule has 2 aromatic rings. The van der Waals surface area contributed by atoms with E-state index >= 15 is 0 Å². The van der Waals surface area contributed by atoms with Gasteiger partial charge in [0.1, 0.15) is 5.52 Å². The predicted octanol–water partition coefficient (Wildman–Crippen LogP) is 3.85. The number of hydrogen-bond acceptors (Lipinski definition) is 2. The minimum absolute atomic E-state index is 0.587. The second-order valence-electron chi connectivity index (χ2n) is 5.19. The second-order valence-corrected chi connectivity index (χ2v) is 5.60. The Hall–Kier alpha value is -1.22. The van der Waals surface area contributed by atoms with Crippen LogP contribution in [-0.4, -0.2) is 9.55 Å². The van der Waals surface area contributed by atoms with Gasteiger partial charge in [-0.05, 0) is 30.9 Å². The summed E-state index contributed by atoms with van der Waals surface area (Å²) in [6.45, 7) is 0.975. The molecule has 0 saturated heterocycles. The van der Waals surface area contributed by atoms with Gasteiger partial charge in [0.25, 0.3) is 0 Å². The predicted molar refractivity (Wildman–Crippen MR) is 75.7 cm³/mol. The Labute approximate surface area is 112 Å². The maximum atomic E-state index is 6.15. The lowest BCUT2D eigenvalue weighted by Crippen LogP contribution is -2.15. The number of rotatable bonds is 2. The number of halogens is 1. The maximum Gasteiger partial charge on any atom is 0.201 e. The zero-order valence-corrected chi connectivity index (χ0v) is 11.2. The van der Waals surface area contributed by atoms with Crippen molar-refractivity contribution < 1.29 is 0 Å². The highest BCUT2D eigenvalue weighted by molar-refractivity contribution is 6.35. The molecule has 3 nitrogen and oxygen atoms in total. The number of hydrogen-bond donors (Lipinski definition) is 1. The molecule has 3 rings (SSSR count). The topological polar surface area (TPSA) is 43.8 Å². The molecule has 1 aliphatic rings. The zero-order valence-electron chi connectivity index (χ0n) is 10.4. The zero-order chi connectivity index (χ0) is 12.5. The first-order valence-corrected chi connectivity index (χ1v) is 7.04. The van der Waals surface area contributed by atoms with Crippen molar-refractivity contribution in [2.75, 3.05) is 5.73 Å². The van der Waals surface area contributed by atoms with E-state index in [9.17, 15) is 0 Å². The Balaban J connectivity index is 1.95. The standard InChI is InChI=1S/C14H18ClN3/c15-11-7-4-8-12-13(11)17-14(16)18(12)9-10-5-2-1-3-6-10/h4,7-8,10H,1-3,5-6,9H2,(H2,16,17). The fourth-order valence-corrected chi connectivity index (χ4v) is 3.16. The minimum atomic E-state index is 0.587. The number of benzene rings is 1. The van der Waals surface area contributed by atoms with Crippen molar-refractivity contribution in [2.24, 2.45) is 5.92 Å². The molecule has 0 aliphatic heterocycles. The van der Waals surface area contributed by atoms with E-state index in [-0.39, 0.29) is 0 Å². The molecule has 1 aromatic carbocycles. The lowest BCUT2D eigenvalue weighted by Gasteiger charge is -2.22. The smallest absolute Gasteiger partial charge is 0.201 e. The number of nitrogens with two attached hydrogens (primary N) is 1. The Bertz CT molecular complexity index is 555. The minimum Gasteiger partial charge on any atom is -0.369 e. The van der Waals surface area contributed by atoms with E-state index < -0.39 is 0 Å². The van der Waals surface area contributed by atoms with Gasteiger partial charge in [0.15, 0.2) is 0 Å². The molecule has 0 unspecified atom stereocenters. The first kappa shape index (κ1) is 11.8. The van der Waals surface area contributed by atoms with E-state index in [1.165, 1.54) is 32.1 Å². The fraction of sp³-hybridized carbons (Fsp3) is 0.500. The summed E-state index contributed by atoms with van der Waals surface area (Å²) in [5.74, 6) is 1.32. The van der Waals surface area contributed by atoms with E-state index in [1.807, 2.05) is 18.2 Å². The number of para-hydroxylation sites is 1. The molecule has 2 N–H and O–H groups in total. The average molecular weight is 264 g/mol. The third-order valence-corrected chi connectivity index (χ3v) is 4.23. The Kier molecular flexibility index (Phi) is 3.16. The van der Waals surface area contributed by atoms with Crippen molar-refractivity contribution in [3.05, 3.63) is 23.2 Å². The fourth-order valence-electron chi connectivity index (χ4n) is 2.95. The molecular formula is C14H18ClN3. The number of imidazole rings is 1. The van der Waals surface area contributed by atoms with Crippen LogP contribution in [0.5, 0.6) is 0 Å². The van der Waals surface area contributed by atoms with Crippen LogP contribution < -0.4 is 5.73 Å².